The van der Waals surface area contributed by atoms with Gasteiger partial charge in [0.05, 0.1) is 7.11 Å². The normalized spacial score (nSPS) is 11.6. The second-order valence-electron chi connectivity index (χ2n) is 6.68. The molecule has 0 bridgehead atoms. The average Bonchev–Trinajstić information content (AvgIpc) is 2.36. The first kappa shape index (κ1) is 17.5. The molecule has 4 heteroatoms. The van der Waals surface area contributed by atoms with Crippen LogP contribution in [0.3, 0.4) is 0 Å². The maximum atomic E-state index is 12.4. The van der Waals surface area contributed by atoms with Gasteiger partial charge in [0.1, 0.15) is 5.75 Å². The molecule has 0 aliphatic heterocycles. The van der Waals surface area contributed by atoms with Gasteiger partial charge >= 0.3 is 0 Å². The van der Waals surface area contributed by atoms with Gasteiger partial charge in [0, 0.05) is 24.2 Å². The molecule has 0 saturated carbocycles. The van der Waals surface area contributed by atoms with Gasteiger partial charge < -0.3 is 15.0 Å². The average molecular weight is 292 g/mol. The van der Waals surface area contributed by atoms with Crippen LogP contribution in [-0.4, -0.2) is 45.1 Å². The Morgan fingerprint density at radius 2 is 1.90 bits per heavy atom. The Hall–Kier alpha value is -1.55. The van der Waals surface area contributed by atoms with Crippen LogP contribution >= 0.6 is 0 Å². The first-order valence-corrected chi connectivity index (χ1v) is 7.29. The predicted octanol–water partition coefficient (Wildman–Crippen LogP) is 2.59. The Kier molecular flexibility index (Phi) is 5.78. The molecule has 1 rings (SSSR count). The number of methoxy groups -OCH3 is 1. The maximum Gasteiger partial charge on any atom is 0.251 e. The first-order valence-electron chi connectivity index (χ1n) is 7.29. The molecule has 4 nitrogen and oxygen atoms in total. The third kappa shape index (κ3) is 4.74. The summed E-state index contributed by atoms with van der Waals surface area (Å²) in [5, 5.41) is 2.97. The molecule has 0 saturated heterocycles. The standard InChI is InChI=1S/C17H28N2O2/c1-12-10-15(21-7)14(17(2,3)4)11-13(12)16(20)18-8-9-19(5)6/h10-11H,8-9H2,1-7H3,(H,18,20). The first-order chi connectivity index (χ1) is 9.66. The molecule has 1 N–H and O–H groups in total. The minimum Gasteiger partial charge on any atom is -0.496 e. The van der Waals surface area contributed by atoms with Crippen molar-refractivity contribution < 1.29 is 9.53 Å². The fourth-order valence-electron chi connectivity index (χ4n) is 2.17. The van der Waals surface area contributed by atoms with Crippen LogP contribution in [0, 0.1) is 6.92 Å². The number of ether oxygens (including phenoxy) is 1. The summed E-state index contributed by atoms with van der Waals surface area (Å²) >= 11 is 0. The number of hydrogen-bond donors (Lipinski definition) is 1. The molecule has 1 aromatic rings. The zero-order valence-electron chi connectivity index (χ0n) is 14.3. The summed E-state index contributed by atoms with van der Waals surface area (Å²) < 4.78 is 5.46. The number of likely N-dealkylation sites (N-methyl/N-ethyl adjacent to an activating group) is 1. The van der Waals surface area contributed by atoms with Crippen LogP contribution < -0.4 is 10.1 Å². The van der Waals surface area contributed by atoms with Crippen LogP contribution in [0.15, 0.2) is 12.1 Å². The lowest BCUT2D eigenvalue weighted by atomic mass is 9.84. The summed E-state index contributed by atoms with van der Waals surface area (Å²) in [7, 11) is 5.64. The fraction of sp³-hybridized carbons (Fsp3) is 0.588. The Bertz CT molecular complexity index is 502. The van der Waals surface area contributed by atoms with Gasteiger partial charge in [-0.25, -0.2) is 0 Å². The lowest BCUT2D eigenvalue weighted by molar-refractivity contribution is 0.0950. The summed E-state index contributed by atoms with van der Waals surface area (Å²) in [5.74, 6) is 0.812. The number of benzene rings is 1. The van der Waals surface area contributed by atoms with Crippen LogP contribution in [0.25, 0.3) is 0 Å². The predicted molar refractivity (Wildman–Crippen MR) is 87.3 cm³/mol. The van der Waals surface area contributed by atoms with Gasteiger partial charge in [0.2, 0.25) is 0 Å². The van der Waals surface area contributed by atoms with Gasteiger partial charge in [-0.2, -0.15) is 0 Å². The minimum atomic E-state index is -0.0717. The van der Waals surface area contributed by atoms with Crippen molar-refractivity contribution >= 4 is 5.91 Å². The van der Waals surface area contributed by atoms with E-state index in [1.165, 1.54) is 0 Å². The monoisotopic (exact) mass is 292 g/mol. The van der Waals surface area contributed by atoms with Crippen LogP contribution in [0.2, 0.25) is 0 Å². The van der Waals surface area contributed by atoms with Gasteiger partial charge in [0.25, 0.3) is 5.91 Å². The van der Waals surface area contributed by atoms with Crippen LogP contribution in [0.1, 0.15) is 42.3 Å². The van der Waals surface area contributed by atoms with E-state index >= 15 is 0 Å². The van der Waals surface area contributed by atoms with E-state index in [0.717, 1.165) is 29.0 Å². The molecule has 0 spiro atoms. The third-order valence-corrected chi connectivity index (χ3v) is 3.44. The van der Waals surface area contributed by atoms with Gasteiger partial charge in [-0.15, -0.1) is 0 Å². The van der Waals surface area contributed by atoms with E-state index in [1.54, 1.807) is 7.11 Å². The number of rotatable bonds is 5. The number of nitrogens with zero attached hydrogens (tertiary/aromatic N) is 1. The summed E-state index contributed by atoms with van der Waals surface area (Å²) in [6, 6.07) is 3.90. The zero-order valence-corrected chi connectivity index (χ0v) is 14.3. The molecular weight excluding hydrogens is 264 g/mol. The molecular formula is C17H28N2O2. The highest BCUT2D eigenvalue weighted by Crippen LogP contribution is 2.33. The largest absolute Gasteiger partial charge is 0.496 e. The molecule has 0 aliphatic rings. The Balaban J connectivity index is 3.05. The second kappa shape index (κ2) is 6.94. The number of aryl methyl sites for hydroxylation is 1. The van der Waals surface area contributed by atoms with Crippen molar-refractivity contribution in [3.05, 3.63) is 28.8 Å². The molecule has 0 fully saturated rings. The molecule has 0 unspecified atom stereocenters. The number of amides is 1. The lowest BCUT2D eigenvalue weighted by Gasteiger charge is -2.24. The molecule has 1 aromatic carbocycles. The second-order valence-corrected chi connectivity index (χ2v) is 6.68. The fourth-order valence-corrected chi connectivity index (χ4v) is 2.17. The number of carbonyl (C=O) groups is 1. The Morgan fingerprint density at radius 1 is 1.29 bits per heavy atom. The van der Waals surface area contributed by atoms with Crippen molar-refractivity contribution in [2.75, 3.05) is 34.3 Å². The van der Waals surface area contributed by atoms with E-state index < -0.39 is 0 Å². The summed E-state index contributed by atoms with van der Waals surface area (Å²) in [6.45, 7) is 9.76. The van der Waals surface area contributed by atoms with Gasteiger partial charge in [0.15, 0.2) is 0 Å². The van der Waals surface area contributed by atoms with E-state index in [2.05, 4.69) is 26.1 Å². The van der Waals surface area contributed by atoms with Crippen molar-refractivity contribution in [2.45, 2.75) is 33.1 Å². The number of carbonyl (C=O) groups excluding carboxylic acids is 1. The summed E-state index contributed by atoms with van der Waals surface area (Å²) in [6.07, 6.45) is 0. The number of nitrogens with one attached hydrogen (secondary N) is 1. The van der Waals surface area contributed by atoms with E-state index in [9.17, 15) is 4.79 Å². The van der Waals surface area contributed by atoms with Gasteiger partial charge in [-0.3, -0.25) is 4.79 Å². The molecule has 0 radical (unpaired) electrons. The molecule has 0 atom stereocenters. The van der Waals surface area contributed by atoms with Crippen molar-refractivity contribution in [2.24, 2.45) is 0 Å². The van der Waals surface area contributed by atoms with Gasteiger partial charge in [-0.05, 0) is 44.1 Å². The van der Waals surface area contributed by atoms with Crippen molar-refractivity contribution in [1.82, 2.24) is 10.2 Å². The zero-order chi connectivity index (χ0) is 16.2. The molecule has 21 heavy (non-hydrogen) atoms. The molecule has 0 heterocycles. The molecule has 118 valence electrons. The van der Waals surface area contributed by atoms with E-state index in [1.807, 2.05) is 38.1 Å². The van der Waals surface area contributed by atoms with Gasteiger partial charge in [-0.1, -0.05) is 20.8 Å². The van der Waals surface area contributed by atoms with Crippen molar-refractivity contribution in [3.8, 4) is 5.75 Å². The molecule has 1 amide bonds. The van der Waals surface area contributed by atoms with Crippen LogP contribution in [0.5, 0.6) is 5.75 Å². The Labute approximate surface area is 128 Å². The topological polar surface area (TPSA) is 41.6 Å². The highest BCUT2D eigenvalue weighted by Gasteiger charge is 2.22. The van der Waals surface area contributed by atoms with E-state index in [4.69, 9.17) is 4.74 Å². The molecule has 0 aliphatic carbocycles. The van der Waals surface area contributed by atoms with Crippen molar-refractivity contribution in [1.29, 1.82) is 0 Å². The number of hydrogen-bond acceptors (Lipinski definition) is 3. The van der Waals surface area contributed by atoms with Crippen molar-refractivity contribution in [3.63, 3.8) is 0 Å². The lowest BCUT2D eigenvalue weighted by Crippen LogP contribution is -2.32. The smallest absolute Gasteiger partial charge is 0.251 e. The van der Waals surface area contributed by atoms with E-state index in [-0.39, 0.29) is 11.3 Å². The van der Waals surface area contributed by atoms with Crippen LogP contribution in [-0.2, 0) is 5.41 Å². The molecule has 0 aromatic heterocycles. The summed E-state index contributed by atoms with van der Waals surface area (Å²) in [5.41, 5.74) is 2.63. The maximum absolute atomic E-state index is 12.4. The quantitative estimate of drug-likeness (QED) is 0.907. The highest BCUT2D eigenvalue weighted by atomic mass is 16.5. The minimum absolute atomic E-state index is 0.0255. The van der Waals surface area contributed by atoms with E-state index in [0.29, 0.717) is 6.54 Å². The van der Waals surface area contributed by atoms with Crippen LogP contribution in [0.4, 0.5) is 0 Å². The highest BCUT2D eigenvalue weighted by molar-refractivity contribution is 5.96. The third-order valence-electron chi connectivity index (χ3n) is 3.44. The summed E-state index contributed by atoms with van der Waals surface area (Å²) in [4.78, 5) is 14.4. The Morgan fingerprint density at radius 3 is 2.38 bits per heavy atom. The SMILES string of the molecule is COc1cc(C)c(C(=O)NCCN(C)C)cc1C(C)(C)C.